The van der Waals surface area contributed by atoms with Crippen molar-refractivity contribution in [2.45, 2.75) is 6.54 Å². The fourth-order valence-corrected chi connectivity index (χ4v) is 2.29. The zero-order valence-electron chi connectivity index (χ0n) is 11.4. The van der Waals surface area contributed by atoms with Crippen LogP contribution in [0.1, 0.15) is 16.1 Å². The number of carbonyl (C=O) groups excluding carboxylic acids is 1. The van der Waals surface area contributed by atoms with Crippen molar-refractivity contribution in [1.82, 2.24) is 10.3 Å². The van der Waals surface area contributed by atoms with Gasteiger partial charge in [-0.05, 0) is 23.1 Å². The zero-order chi connectivity index (χ0) is 14.7. The number of pyridine rings is 1. The van der Waals surface area contributed by atoms with E-state index in [1.54, 1.807) is 12.3 Å². The number of carbonyl (C=O) groups is 1. The van der Waals surface area contributed by atoms with Gasteiger partial charge in [-0.15, -0.1) is 0 Å². The van der Waals surface area contributed by atoms with E-state index < -0.39 is 0 Å². The van der Waals surface area contributed by atoms with Crippen LogP contribution in [0.4, 0.5) is 5.69 Å². The van der Waals surface area contributed by atoms with Gasteiger partial charge in [-0.2, -0.15) is 0 Å². The van der Waals surface area contributed by atoms with Crippen molar-refractivity contribution in [3.63, 3.8) is 0 Å². The largest absolute Gasteiger partial charge is 0.398 e. The van der Waals surface area contributed by atoms with Crippen molar-refractivity contribution >= 4 is 22.4 Å². The van der Waals surface area contributed by atoms with Crippen LogP contribution in [0.25, 0.3) is 10.8 Å². The third kappa shape index (κ3) is 2.69. The first-order valence-electron chi connectivity index (χ1n) is 6.71. The minimum atomic E-state index is -0.220. The van der Waals surface area contributed by atoms with E-state index in [4.69, 9.17) is 5.73 Å². The molecule has 0 bridgehead atoms. The molecule has 1 amide bonds. The highest BCUT2D eigenvalue weighted by Gasteiger charge is 2.13. The Morgan fingerprint density at radius 2 is 1.86 bits per heavy atom. The number of nitrogens with zero attached hydrogens (tertiary/aromatic N) is 1. The van der Waals surface area contributed by atoms with Crippen molar-refractivity contribution < 1.29 is 4.79 Å². The predicted octanol–water partition coefficient (Wildman–Crippen LogP) is 2.75. The zero-order valence-corrected chi connectivity index (χ0v) is 11.4. The van der Waals surface area contributed by atoms with E-state index >= 15 is 0 Å². The van der Waals surface area contributed by atoms with E-state index in [2.05, 4.69) is 10.3 Å². The number of hydrogen-bond acceptors (Lipinski definition) is 3. The van der Waals surface area contributed by atoms with E-state index in [0.717, 1.165) is 10.9 Å². The van der Waals surface area contributed by atoms with Crippen LogP contribution in [-0.4, -0.2) is 10.9 Å². The summed E-state index contributed by atoms with van der Waals surface area (Å²) in [5.41, 5.74) is 7.95. The second kappa shape index (κ2) is 5.63. The van der Waals surface area contributed by atoms with Gasteiger partial charge in [0.25, 0.3) is 5.91 Å². The molecule has 0 saturated carbocycles. The Balaban J connectivity index is 1.88. The maximum atomic E-state index is 12.4. The molecular weight excluding hydrogens is 262 g/mol. The molecule has 1 aromatic heterocycles. The van der Waals surface area contributed by atoms with Gasteiger partial charge < -0.3 is 11.1 Å². The molecule has 21 heavy (non-hydrogen) atoms. The Morgan fingerprint density at radius 3 is 2.67 bits per heavy atom. The molecule has 2 aromatic carbocycles. The van der Waals surface area contributed by atoms with Crippen molar-refractivity contribution in [2.24, 2.45) is 0 Å². The highest BCUT2D eigenvalue weighted by atomic mass is 16.1. The molecule has 3 N–H and O–H groups in total. The first kappa shape index (κ1) is 13.1. The van der Waals surface area contributed by atoms with Gasteiger partial charge in [0.2, 0.25) is 0 Å². The first-order valence-corrected chi connectivity index (χ1v) is 6.71. The minimum absolute atomic E-state index is 0.220. The van der Waals surface area contributed by atoms with Gasteiger partial charge in [0.05, 0.1) is 0 Å². The second-order valence-corrected chi connectivity index (χ2v) is 4.77. The minimum Gasteiger partial charge on any atom is -0.398 e. The summed E-state index contributed by atoms with van der Waals surface area (Å²) in [6.07, 6.45) is 1.62. The maximum absolute atomic E-state index is 12.4. The van der Waals surface area contributed by atoms with Gasteiger partial charge in [0, 0.05) is 23.8 Å². The molecule has 4 heteroatoms. The smallest absolute Gasteiger partial charge is 0.270 e. The van der Waals surface area contributed by atoms with E-state index in [0.29, 0.717) is 23.3 Å². The summed E-state index contributed by atoms with van der Waals surface area (Å²) < 4.78 is 0. The van der Waals surface area contributed by atoms with Gasteiger partial charge in [-0.1, -0.05) is 42.5 Å². The van der Waals surface area contributed by atoms with E-state index in [-0.39, 0.29) is 5.91 Å². The number of benzene rings is 2. The molecule has 4 nitrogen and oxygen atoms in total. The monoisotopic (exact) mass is 277 g/mol. The third-order valence-corrected chi connectivity index (χ3v) is 3.33. The van der Waals surface area contributed by atoms with Crippen molar-refractivity contribution in [2.75, 3.05) is 5.73 Å². The summed E-state index contributed by atoms with van der Waals surface area (Å²) in [6, 6.07) is 17.2. The van der Waals surface area contributed by atoms with Crippen LogP contribution in [0.3, 0.4) is 0 Å². The molecule has 0 fully saturated rings. The lowest BCUT2D eigenvalue weighted by molar-refractivity contribution is 0.0948. The maximum Gasteiger partial charge on any atom is 0.270 e. The number of anilines is 1. The molecule has 0 spiro atoms. The van der Waals surface area contributed by atoms with Gasteiger partial charge >= 0.3 is 0 Å². The van der Waals surface area contributed by atoms with Crippen LogP contribution in [-0.2, 0) is 6.54 Å². The molecular formula is C17H15N3O. The highest BCUT2D eigenvalue weighted by Crippen LogP contribution is 2.23. The Hall–Kier alpha value is -2.88. The summed E-state index contributed by atoms with van der Waals surface area (Å²) in [7, 11) is 0. The highest BCUT2D eigenvalue weighted by molar-refractivity contribution is 6.09. The van der Waals surface area contributed by atoms with Crippen LogP contribution in [0.5, 0.6) is 0 Å². The van der Waals surface area contributed by atoms with E-state index in [1.165, 1.54) is 0 Å². The van der Waals surface area contributed by atoms with Crippen LogP contribution in [0.15, 0.2) is 60.8 Å². The molecule has 0 aliphatic heterocycles. The summed E-state index contributed by atoms with van der Waals surface area (Å²) in [5.74, 6) is -0.220. The molecule has 0 unspecified atom stereocenters. The lowest BCUT2D eigenvalue weighted by atomic mass is 10.1. The normalized spacial score (nSPS) is 10.5. The molecule has 104 valence electrons. The van der Waals surface area contributed by atoms with Crippen LogP contribution >= 0.6 is 0 Å². The van der Waals surface area contributed by atoms with Gasteiger partial charge in [0.1, 0.15) is 5.69 Å². The van der Waals surface area contributed by atoms with E-state index in [9.17, 15) is 4.79 Å². The Morgan fingerprint density at radius 1 is 1.05 bits per heavy atom. The van der Waals surface area contributed by atoms with Gasteiger partial charge in [-0.25, -0.2) is 0 Å². The fourth-order valence-electron chi connectivity index (χ4n) is 2.29. The number of rotatable bonds is 3. The topological polar surface area (TPSA) is 68.0 Å². The molecule has 0 aliphatic carbocycles. The molecule has 3 rings (SSSR count). The lowest BCUT2D eigenvalue weighted by Crippen LogP contribution is -2.24. The SMILES string of the molecule is Nc1cccc2ccnc(C(=O)NCc3ccccc3)c12. The molecule has 0 saturated heterocycles. The first-order chi connectivity index (χ1) is 10.3. The number of amides is 1. The number of fused-ring (bicyclic) bond motifs is 1. The molecule has 0 radical (unpaired) electrons. The number of hydrogen-bond donors (Lipinski definition) is 2. The average molecular weight is 277 g/mol. The Labute approximate surface area is 122 Å². The Kier molecular flexibility index (Phi) is 3.51. The van der Waals surface area contributed by atoms with Crippen LogP contribution in [0, 0.1) is 0 Å². The lowest BCUT2D eigenvalue weighted by Gasteiger charge is -2.09. The Bertz CT molecular complexity index is 779. The van der Waals surface area contributed by atoms with Crippen molar-refractivity contribution in [1.29, 1.82) is 0 Å². The number of nitrogens with two attached hydrogens (primary N) is 1. The average Bonchev–Trinajstić information content (AvgIpc) is 2.53. The van der Waals surface area contributed by atoms with Crippen molar-refractivity contribution in [3.05, 3.63) is 72.1 Å². The van der Waals surface area contributed by atoms with E-state index in [1.807, 2.05) is 48.5 Å². The van der Waals surface area contributed by atoms with Crippen LogP contribution in [0.2, 0.25) is 0 Å². The van der Waals surface area contributed by atoms with Crippen molar-refractivity contribution in [3.8, 4) is 0 Å². The quantitative estimate of drug-likeness (QED) is 0.723. The number of nitrogens with one attached hydrogen (secondary N) is 1. The van der Waals surface area contributed by atoms with Gasteiger partial charge in [0.15, 0.2) is 0 Å². The molecule has 0 atom stereocenters. The summed E-state index contributed by atoms with van der Waals surface area (Å²) in [6.45, 7) is 0.463. The number of nitrogen functional groups attached to an aromatic ring is 1. The molecule has 0 aliphatic rings. The predicted molar refractivity (Wildman–Crippen MR) is 83.8 cm³/mol. The second-order valence-electron chi connectivity index (χ2n) is 4.77. The van der Waals surface area contributed by atoms with Gasteiger partial charge in [-0.3, -0.25) is 9.78 Å². The summed E-state index contributed by atoms with van der Waals surface area (Å²) in [4.78, 5) is 16.5. The number of aromatic nitrogens is 1. The third-order valence-electron chi connectivity index (χ3n) is 3.33. The summed E-state index contributed by atoms with van der Waals surface area (Å²) >= 11 is 0. The fraction of sp³-hybridized carbons (Fsp3) is 0.0588. The molecule has 1 heterocycles. The standard InChI is InChI=1S/C17H15N3O/c18-14-8-4-7-13-9-10-19-16(15(13)14)17(21)20-11-12-5-2-1-3-6-12/h1-10H,11,18H2,(H,20,21). The summed E-state index contributed by atoms with van der Waals surface area (Å²) in [5, 5.41) is 4.49. The molecule has 3 aromatic rings. The van der Waals surface area contributed by atoms with Crippen LogP contribution < -0.4 is 11.1 Å².